The molecule has 1 nitrogen and oxygen atoms in total. The minimum absolute atomic E-state index is 0. The van der Waals surface area contributed by atoms with Crippen molar-refractivity contribution in [3.63, 3.8) is 0 Å². The van der Waals surface area contributed by atoms with E-state index in [1.807, 2.05) is 0 Å². The summed E-state index contributed by atoms with van der Waals surface area (Å²) >= 11 is 0. The molecule has 0 heterocycles. The predicted molar refractivity (Wildman–Crippen MR) is 54.2 cm³/mol. The topological polar surface area (TPSA) is 26.0 Å². The van der Waals surface area contributed by atoms with E-state index in [1.54, 1.807) is 12.1 Å². The van der Waals surface area contributed by atoms with Gasteiger partial charge in [-0.2, -0.15) is 0 Å². The SMILES string of the molecule is C#C[C@@H](N)Cc1cccc(F)c1.Cl. The molecule has 70 valence electrons. The van der Waals surface area contributed by atoms with Crippen LogP contribution in [0.3, 0.4) is 0 Å². The van der Waals surface area contributed by atoms with Crippen molar-refractivity contribution in [1.29, 1.82) is 0 Å². The average Bonchev–Trinajstić information content (AvgIpc) is 2.04. The Hall–Kier alpha value is -1.04. The van der Waals surface area contributed by atoms with Crippen LogP contribution in [0.5, 0.6) is 0 Å². The highest BCUT2D eigenvalue weighted by Gasteiger charge is 2.00. The van der Waals surface area contributed by atoms with E-state index >= 15 is 0 Å². The van der Waals surface area contributed by atoms with Crippen molar-refractivity contribution in [2.45, 2.75) is 12.5 Å². The average molecular weight is 200 g/mol. The van der Waals surface area contributed by atoms with Crippen molar-refractivity contribution in [2.75, 3.05) is 0 Å². The molecule has 0 fully saturated rings. The Balaban J connectivity index is 0.00000144. The Morgan fingerprint density at radius 3 is 2.77 bits per heavy atom. The van der Waals surface area contributed by atoms with Crippen LogP contribution in [0.1, 0.15) is 5.56 Å². The van der Waals surface area contributed by atoms with E-state index in [-0.39, 0.29) is 24.3 Å². The molecule has 0 aliphatic carbocycles. The number of terminal acetylenes is 1. The molecule has 1 atom stereocenters. The van der Waals surface area contributed by atoms with Gasteiger partial charge >= 0.3 is 0 Å². The summed E-state index contributed by atoms with van der Waals surface area (Å²) in [5.41, 5.74) is 6.33. The lowest BCUT2D eigenvalue weighted by molar-refractivity contribution is 0.624. The van der Waals surface area contributed by atoms with Crippen LogP contribution in [0.4, 0.5) is 4.39 Å². The van der Waals surface area contributed by atoms with Gasteiger partial charge in [0.25, 0.3) is 0 Å². The quantitative estimate of drug-likeness (QED) is 0.722. The van der Waals surface area contributed by atoms with Gasteiger partial charge < -0.3 is 5.73 Å². The Morgan fingerprint density at radius 1 is 1.54 bits per heavy atom. The van der Waals surface area contributed by atoms with E-state index in [0.717, 1.165) is 5.56 Å². The first-order valence-electron chi connectivity index (χ1n) is 3.68. The summed E-state index contributed by atoms with van der Waals surface area (Å²) in [5.74, 6) is 2.14. The van der Waals surface area contributed by atoms with Crippen LogP contribution in [-0.4, -0.2) is 6.04 Å². The van der Waals surface area contributed by atoms with Gasteiger partial charge in [-0.05, 0) is 24.1 Å². The molecule has 0 saturated carbocycles. The van der Waals surface area contributed by atoms with Gasteiger partial charge in [-0.25, -0.2) is 4.39 Å². The molecule has 1 aromatic rings. The van der Waals surface area contributed by atoms with E-state index in [0.29, 0.717) is 6.42 Å². The number of halogens is 2. The van der Waals surface area contributed by atoms with Crippen molar-refractivity contribution in [1.82, 2.24) is 0 Å². The van der Waals surface area contributed by atoms with E-state index in [2.05, 4.69) is 5.92 Å². The number of nitrogens with two attached hydrogens (primary N) is 1. The van der Waals surface area contributed by atoms with Gasteiger partial charge in [-0.1, -0.05) is 18.1 Å². The normalized spacial score (nSPS) is 11.2. The Kier molecular flexibility index (Phi) is 5.13. The number of benzene rings is 1. The molecule has 0 aromatic heterocycles. The number of rotatable bonds is 2. The summed E-state index contributed by atoms with van der Waals surface area (Å²) in [5, 5.41) is 0. The summed E-state index contributed by atoms with van der Waals surface area (Å²) in [4.78, 5) is 0. The summed E-state index contributed by atoms with van der Waals surface area (Å²) in [6, 6.07) is 5.96. The van der Waals surface area contributed by atoms with E-state index < -0.39 is 0 Å². The lowest BCUT2D eigenvalue weighted by Gasteiger charge is -2.03. The first kappa shape index (κ1) is 12.0. The van der Waals surface area contributed by atoms with Crippen molar-refractivity contribution >= 4 is 12.4 Å². The molecule has 0 aliphatic rings. The van der Waals surface area contributed by atoms with Crippen molar-refractivity contribution < 1.29 is 4.39 Å². The molecule has 0 unspecified atom stereocenters. The molecule has 1 rings (SSSR count). The van der Waals surface area contributed by atoms with Crippen LogP contribution >= 0.6 is 12.4 Å². The van der Waals surface area contributed by atoms with Gasteiger partial charge in [0.05, 0.1) is 6.04 Å². The van der Waals surface area contributed by atoms with Gasteiger partial charge in [0, 0.05) is 0 Å². The highest BCUT2D eigenvalue weighted by Crippen LogP contribution is 2.04. The van der Waals surface area contributed by atoms with Crippen molar-refractivity contribution in [3.05, 3.63) is 35.6 Å². The maximum atomic E-state index is 12.6. The van der Waals surface area contributed by atoms with Crippen LogP contribution in [0.15, 0.2) is 24.3 Å². The zero-order valence-electron chi connectivity index (χ0n) is 7.03. The maximum absolute atomic E-state index is 12.6. The molecule has 0 bridgehead atoms. The van der Waals surface area contributed by atoms with Crippen LogP contribution < -0.4 is 5.73 Å². The monoisotopic (exact) mass is 199 g/mol. The van der Waals surface area contributed by atoms with E-state index in [9.17, 15) is 4.39 Å². The molecule has 0 amide bonds. The second-order valence-electron chi connectivity index (χ2n) is 2.61. The molecule has 1 aromatic carbocycles. The minimum Gasteiger partial charge on any atom is -0.317 e. The molecular formula is C10H11ClFN. The number of hydrogen-bond acceptors (Lipinski definition) is 1. The largest absolute Gasteiger partial charge is 0.317 e. The van der Waals surface area contributed by atoms with Crippen LogP contribution in [0.25, 0.3) is 0 Å². The van der Waals surface area contributed by atoms with Crippen molar-refractivity contribution in [2.24, 2.45) is 5.73 Å². The maximum Gasteiger partial charge on any atom is 0.123 e. The Bertz CT molecular complexity index is 306. The van der Waals surface area contributed by atoms with Crippen LogP contribution in [0.2, 0.25) is 0 Å². The van der Waals surface area contributed by atoms with Gasteiger partial charge in [0.2, 0.25) is 0 Å². The first-order valence-corrected chi connectivity index (χ1v) is 3.68. The van der Waals surface area contributed by atoms with E-state index in [4.69, 9.17) is 12.2 Å². The fourth-order valence-electron chi connectivity index (χ4n) is 0.977. The van der Waals surface area contributed by atoms with Crippen LogP contribution in [-0.2, 0) is 6.42 Å². The second-order valence-corrected chi connectivity index (χ2v) is 2.61. The molecule has 0 spiro atoms. The first-order chi connectivity index (χ1) is 5.72. The molecule has 3 heteroatoms. The molecule has 2 N–H and O–H groups in total. The predicted octanol–water partition coefficient (Wildman–Crippen LogP) is 1.75. The van der Waals surface area contributed by atoms with Gasteiger partial charge in [0.15, 0.2) is 0 Å². The second kappa shape index (κ2) is 5.58. The highest BCUT2D eigenvalue weighted by atomic mass is 35.5. The molecular weight excluding hydrogens is 189 g/mol. The van der Waals surface area contributed by atoms with Crippen molar-refractivity contribution in [3.8, 4) is 12.3 Å². The lowest BCUT2D eigenvalue weighted by Crippen LogP contribution is -2.20. The Labute approximate surface area is 83.5 Å². The summed E-state index contributed by atoms with van der Waals surface area (Å²) in [7, 11) is 0. The minimum atomic E-state index is -0.327. The third-order valence-electron chi connectivity index (χ3n) is 1.56. The molecule has 13 heavy (non-hydrogen) atoms. The zero-order valence-corrected chi connectivity index (χ0v) is 7.85. The standard InChI is InChI=1S/C10H10FN.ClH/c1-2-10(12)7-8-4-3-5-9(11)6-8;/h1,3-6,10H,7,12H2;1H/t10-;/m1./s1. The van der Waals surface area contributed by atoms with Gasteiger partial charge in [0.1, 0.15) is 5.82 Å². The third kappa shape index (κ3) is 3.93. The Morgan fingerprint density at radius 2 is 2.23 bits per heavy atom. The third-order valence-corrected chi connectivity index (χ3v) is 1.56. The summed E-state index contributed by atoms with van der Waals surface area (Å²) in [6.07, 6.45) is 5.61. The smallest absolute Gasteiger partial charge is 0.123 e. The van der Waals surface area contributed by atoms with E-state index in [1.165, 1.54) is 12.1 Å². The molecule has 0 saturated heterocycles. The highest BCUT2D eigenvalue weighted by molar-refractivity contribution is 5.85. The van der Waals surface area contributed by atoms with Gasteiger partial charge in [-0.15, -0.1) is 18.8 Å². The van der Waals surface area contributed by atoms with Gasteiger partial charge in [-0.3, -0.25) is 0 Å². The number of hydrogen-bond donors (Lipinski definition) is 1. The summed E-state index contributed by atoms with van der Waals surface area (Å²) in [6.45, 7) is 0. The van der Waals surface area contributed by atoms with Crippen LogP contribution in [0, 0.1) is 18.2 Å². The molecule has 0 radical (unpaired) electrons. The summed E-state index contributed by atoms with van der Waals surface area (Å²) < 4.78 is 12.6. The fraction of sp³-hybridized carbons (Fsp3) is 0.200. The fourth-order valence-corrected chi connectivity index (χ4v) is 0.977. The lowest BCUT2D eigenvalue weighted by atomic mass is 10.1. The zero-order chi connectivity index (χ0) is 8.97. The molecule has 0 aliphatic heterocycles.